The summed E-state index contributed by atoms with van der Waals surface area (Å²) in [6, 6.07) is 11.6. The summed E-state index contributed by atoms with van der Waals surface area (Å²) in [7, 11) is -3.66. The number of rotatable bonds is 3. The molecule has 1 heterocycles. The molecule has 110 valence electrons. The molecule has 2 aromatic rings. The molecule has 21 heavy (non-hydrogen) atoms. The number of sulfonamides is 1. The van der Waals surface area contributed by atoms with Crippen molar-refractivity contribution in [3.63, 3.8) is 0 Å². The van der Waals surface area contributed by atoms with Crippen molar-refractivity contribution in [3.05, 3.63) is 53.1 Å². The largest absolute Gasteiger partial charge is 0.493 e. The smallest absolute Gasteiger partial charge is 0.261 e. The molecule has 0 spiro atoms. The number of benzene rings is 2. The van der Waals surface area contributed by atoms with Gasteiger partial charge in [0, 0.05) is 0 Å². The summed E-state index contributed by atoms with van der Waals surface area (Å²) < 4.78 is 32.9. The van der Waals surface area contributed by atoms with Crippen LogP contribution < -0.4 is 9.46 Å². The van der Waals surface area contributed by atoms with Gasteiger partial charge in [-0.25, -0.2) is 8.42 Å². The molecule has 0 aliphatic carbocycles. The lowest BCUT2D eigenvalue weighted by Crippen LogP contribution is -2.15. The minimum absolute atomic E-state index is 0.215. The molecule has 0 aromatic heterocycles. The summed E-state index contributed by atoms with van der Waals surface area (Å²) in [5, 5.41) is 0.363. The zero-order valence-corrected chi connectivity index (χ0v) is 12.7. The van der Waals surface area contributed by atoms with Crippen LogP contribution in [0.3, 0.4) is 0 Å². The Labute approximate surface area is 128 Å². The highest BCUT2D eigenvalue weighted by molar-refractivity contribution is 7.92. The van der Waals surface area contributed by atoms with E-state index in [9.17, 15) is 8.42 Å². The Balaban J connectivity index is 1.93. The third-order valence-corrected chi connectivity index (χ3v) is 5.00. The normalized spacial score (nSPS) is 14.1. The number of para-hydroxylation sites is 1. The molecule has 3 rings (SSSR count). The van der Waals surface area contributed by atoms with E-state index in [1.165, 1.54) is 0 Å². The molecule has 0 saturated carbocycles. The van der Waals surface area contributed by atoms with Gasteiger partial charge in [-0.1, -0.05) is 23.7 Å². The SMILES string of the molecule is O=S(=O)(Nc1ccccc1Cl)c1ccc2c(c1)CCCO2. The molecule has 1 aliphatic heterocycles. The molecule has 4 nitrogen and oxygen atoms in total. The lowest BCUT2D eigenvalue weighted by Gasteiger charge is -2.18. The van der Waals surface area contributed by atoms with Crippen LogP contribution >= 0.6 is 11.6 Å². The number of ether oxygens (including phenoxy) is 1. The number of halogens is 1. The Morgan fingerprint density at radius 2 is 1.95 bits per heavy atom. The molecule has 0 unspecified atom stereocenters. The average molecular weight is 324 g/mol. The molecule has 2 aromatic carbocycles. The topological polar surface area (TPSA) is 55.4 Å². The van der Waals surface area contributed by atoms with Crippen molar-refractivity contribution in [1.82, 2.24) is 0 Å². The van der Waals surface area contributed by atoms with Crippen LogP contribution in [0.5, 0.6) is 5.75 Å². The van der Waals surface area contributed by atoms with Gasteiger partial charge in [-0.2, -0.15) is 0 Å². The van der Waals surface area contributed by atoms with E-state index in [1.807, 2.05) is 0 Å². The summed E-state index contributed by atoms with van der Waals surface area (Å²) in [4.78, 5) is 0.215. The molecule has 0 fully saturated rings. The van der Waals surface area contributed by atoms with E-state index in [2.05, 4.69) is 4.72 Å². The van der Waals surface area contributed by atoms with Crippen LogP contribution in [0.1, 0.15) is 12.0 Å². The first kappa shape index (κ1) is 14.2. The standard InChI is InChI=1S/C15H14ClNO3S/c16-13-5-1-2-6-14(13)17-21(18,19)12-7-8-15-11(10-12)4-3-9-20-15/h1-2,5-8,10,17H,3-4,9H2. The fourth-order valence-corrected chi connectivity index (χ4v) is 3.62. The Kier molecular flexibility index (Phi) is 3.78. The number of anilines is 1. The van der Waals surface area contributed by atoms with Gasteiger partial charge in [-0.05, 0) is 48.7 Å². The number of fused-ring (bicyclic) bond motifs is 1. The second kappa shape index (κ2) is 5.58. The maximum Gasteiger partial charge on any atom is 0.261 e. The van der Waals surface area contributed by atoms with Gasteiger partial charge < -0.3 is 4.74 Å². The van der Waals surface area contributed by atoms with Crippen LogP contribution in [0, 0.1) is 0 Å². The van der Waals surface area contributed by atoms with Gasteiger partial charge in [0.15, 0.2) is 0 Å². The Hall–Kier alpha value is -1.72. The molecular formula is C15H14ClNO3S. The first-order valence-electron chi connectivity index (χ1n) is 6.59. The van der Waals surface area contributed by atoms with E-state index in [-0.39, 0.29) is 4.90 Å². The third kappa shape index (κ3) is 2.99. The van der Waals surface area contributed by atoms with Crippen LogP contribution in [0.15, 0.2) is 47.4 Å². The van der Waals surface area contributed by atoms with Gasteiger partial charge in [0.1, 0.15) is 5.75 Å². The van der Waals surface area contributed by atoms with Gasteiger partial charge in [0.25, 0.3) is 10.0 Å². The molecule has 1 aliphatic rings. The monoisotopic (exact) mass is 323 g/mol. The second-order valence-electron chi connectivity index (χ2n) is 4.81. The van der Waals surface area contributed by atoms with Gasteiger partial charge in [-0.3, -0.25) is 4.72 Å². The van der Waals surface area contributed by atoms with Gasteiger partial charge in [-0.15, -0.1) is 0 Å². The Morgan fingerprint density at radius 1 is 1.14 bits per heavy atom. The first-order valence-corrected chi connectivity index (χ1v) is 8.45. The van der Waals surface area contributed by atoms with Gasteiger partial charge in [0.2, 0.25) is 0 Å². The summed E-state index contributed by atoms with van der Waals surface area (Å²) in [5.74, 6) is 0.762. The van der Waals surface area contributed by atoms with E-state index in [0.29, 0.717) is 17.3 Å². The van der Waals surface area contributed by atoms with Crippen LogP contribution in [0.4, 0.5) is 5.69 Å². The van der Waals surface area contributed by atoms with E-state index in [4.69, 9.17) is 16.3 Å². The molecule has 0 atom stereocenters. The number of hydrogen-bond acceptors (Lipinski definition) is 3. The number of nitrogens with one attached hydrogen (secondary N) is 1. The quantitative estimate of drug-likeness (QED) is 0.941. The van der Waals surface area contributed by atoms with Crippen molar-refractivity contribution in [1.29, 1.82) is 0 Å². The van der Waals surface area contributed by atoms with Gasteiger partial charge >= 0.3 is 0 Å². The number of aryl methyl sites for hydroxylation is 1. The second-order valence-corrected chi connectivity index (χ2v) is 6.90. The molecule has 0 saturated heterocycles. The summed E-state index contributed by atoms with van der Waals surface area (Å²) in [5.41, 5.74) is 1.29. The van der Waals surface area contributed by atoms with Crippen molar-refractivity contribution in [2.45, 2.75) is 17.7 Å². The molecule has 6 heteroatoms. The highest BCUT2D eigenvalue weighted by Gasteiger charge is 2.19. The minimum Gasteiger partial charge on any atom is -0.493 e. The highest BCUT2D eigenvalue weighted by atomic mass is 35.5. The van der Waals surface area contributed by atoms with Crippen molar-refractivity contribution in [2.75, 3.05) is 11.3 Å². The summed E-state index contributed by atoms with van der Waals surface area (Å²) in [6.45, 7) is 0.678. The molecule has 0 amide bonds. The minimum atomic E-state index is -3.66. The zero-order valence-electron chi connectivity index (χ0n) is 11.2. The van der Waals surface area contributed by atoms with Crippen LogP contribution in [-0.4, -0.2) is 15.0 Å². The van der Waals surface area contributed by atoms with Crippen LogP contribution in [0.25, 0.3) is 0 Å². The van der Waals surface area contributed by atoms with Crippen LogP contribution in [0.2, 0.25) is 5.02 Å². The van der Waals surface area contributed by atoms with E-state index >= 15 is 0 Å². The van der Waals surface area contributed by atoms with Gasteiger partial charge in [0.05, 0.1) is 22.2 Å². The van der Waals surface area contributed by atoms with Crippen LogP contribution in [-0.2, 0) is 16.4 Å². The molecule has 0 bridgehead atoms. The fourth-order valence-electron chi connectivity index (χ4n) is 2.25. The van der Waals surface area contributed by atoms with Crippen molar-refractivity contribution in [2.24, 2.45) is 0 Å². The molecular weight excluding hydrogens is 310 g/mol. The summed E-state index contributed by atoms with van der Waals surface area (Å²) >= 11 is 5.99. The average Bonchev–Trinajstić information content (AvgIpc) is 2.49. The van der Waals surface area contributed by atoms with Crippen molar-refractivity contribution >= 4 is 27.3 Å². The molecule has 1 N–H and O–H groups in total. The summed E-state index contributed by atoms with van der Waals surface area (Å²) in [6.07, 6.45) is 1.72. The fraction of sp³-hybridized carbons (Fsp3) is 0.200. The Morgan fingerprint density at radius 3 is 2.76 bits per heavy atom. The number of hydrogen-bond donors (Lipinski definition) is 1. The van der Waals surface area contributed by atoms with E-state index in [0.717, 1.165) is 24.2 Å². The predicted molar refractivity (Wildman–Crippen MR) is 82.5 cm³/mol. The highest BCUT2D eigenvalue weighted by Crippen LogP contribution is 2.29. The first-order chi connectivity index (χ1) is 10.1. The van der Waals surface area contributed by atoms with Crippen molar-refractivity contribution < 1.29 is 13.2 Å². The zero-order chi connectivity index (χ0) is 14.9. The lowest BCUT2D eigenvalue weighted by molar-refractivity contribution is 0.288. The maximum atomic E-state index is 12.4. The van der Waals surface area contributed by atoms with Crippen molar-refractivity contribution in [3.8, 4) is 5.75 Å². The van der Waals surface area contributed by atoms with E-state index in [1.54, 1.807) is 42.5 Å². The molecule has 0 radical (unpaired) electrons. The Bertz CT molecular complexity index is 774. The van der Waals surface area contributed by atoms with E-state index < -0.39 is 10.0 Å². The third-order valence-electron chi connectivity index (χ3n) is 3.31. The maximum absolute atomic E-state index is 12.4. The predicted octanol–water partition coefficient (Wildman–Crippen LogP) is 3.47. The lowest BCUT2D eigenvalue weighted by atomic mass is 10.1.